The van der Waals surface area contributed by atoms with E-state index in [-0.39, 0.29) is 5.02 Å². The largest absolute Gasteiger partial charge is 0.494 e. The monoisotopic (exact) mass is 308 g/mol. The minimum Gasteiger partial charge on any atom is -0.494 e. The smallest absolute Gasteiger partial charge is 0.255 e. The van der Waals surface area contributed by atoms with E-state index in [1.54, 1.807) is 12.1 Å². The van der Waals surface area contributed by atoms with E-state index in [0.717, 1.165) is 6.07 Å². The topological polar surface area (TPSA) is 64.3 Å². The zero-order valence-electron chi connectivity index (χ0n) is 11.3. The van der Waals surface area contributed by atoms with Crippen molar-refractivity contribution in [3.63, 3.8) is 0 Å². The van der Waals surface area contributed by atoms with Gasteiger partial charge in [-0.25, -0.2) is 4.39 Å². The number of anilines is 2. The zero-order valence-corrected chi connectivity index (χ0v) is 12.1. The number of nitrogens with one attached hydrogen (secondary N) is 1. The van der Waals surface area contributed by atoms with Gasteiger partial charge < -0.3 is 15.8 Å². The summed E-state index contributed by atoms with van der Waals surface area (Å²) >= 11 is 5.87. The SMILES string of the molecule is CCOc1cc(N)cc(C(=O)Nc2ccc(F)cc2Cl)c1. The van der Waals surface area contributed by atoms with Crippen molar-refractivity contribution in [1.29, 1.82) is 0 Å². The summed E-state index contributed by atoms with van der Waals surface area (Å²) in [7, 11) is 0. The van der Waals surface area contributed by atoms with Crippen LogP contribution in [0.3, 0.4) is 0 Å². The average Bonchev–Trinajstić information content (AvgIpc) is 2.41. The molecule has 0 aliphatic carbocycles. The minimum atomic E-state index is -0.472. The van der Waals surface area contributed by atoms with Gasteiger partial charge in [0.15, 0.2) is 0 Å². The number of hydrogen-bond acceptors (Lipinski definition) is 3. The molecule has 0 aromatic heterocycles. The summed E-state index contributed by atoms with van der Waals surface area (Å²) in [6, 6.07) is 8.47. The van der Waals surface area contributed by atoms with Gasteiger partial charge in [-0.3, -0.25) is 4.79 Å². The lowest BCUT2D eigenvalue weighted by Gasteiger charge is -2.10. The van der Waals surface area contributed by atoms with Crippen LogP contribution in [-0.2, 0) is 0 Å². The molecule has 0 heterocycles. The molecule has 0 bridgehead atoms. The second kappa shape index (κ2) is 6.45. The maximum atomic E-state index is 13.0. The normalized spacial score (nSPS) is 10.2. The van der Waals surface area contributed by atoms with Crippen LogP contribution < -0.4 is 15.8 Å². The van der Waals surface area contributed by atoms with Gasteiger partial charge in [0.2, 0.25) is 0 Å². The summed E-state index contributed by atoms with van der Waals surface area (Å²) in [5, 5.41) is 2.72. The molecule has 4 nitrogen and oxygen atoms in total. The first-order valence-corrected chi connectivity index (χ1v) is 6.67. The van der Waals surface area contributed by atoms with Crippen molar-refractivity contribution in [3.8, 4) is 5.75 Å². The van der Waals surface area contributed by atoms with Crippen molar-refractivity contribution in [2.24, 2.45) is 0 Å². The highest BCUT2D eigenvalue weighted by molar-refractivity contribution is 6.33. The number of halogens is 2. The Bertz CT molecular complexity index is 677. The van der Waals surface area contributed by atoms with Crippen molar-refractivity contribution in [2.75, 3.05) is 17.7 Å². The fourth-order valence-corrected chi connectivity index (χ4v) is 2.00. The molecule has 0 aliphatic rings. The number of rotatable bonds is 4. The summed E-state index contributed by atoms with van der Waals surface area (Å²) in [5.74, 6) is -0.370. The molecule has 110 valence electrons. The van der Waals surface area contributed by atoms with Gasteiger partial charge in [-0.1, -0.05) is 11.6 Å². The third kappa shape index (κ3) is 3.86. The molecule has 2 aromatic carbocycles. The maximum Gasteiger partial charge on any atom is 0.255 e. The molecule has 2 rings (SSSR count). The highest BCUT2D eigenvalue weighted by atomic mass is 35.5. The van der Waals surface area contributed by atoms with Crippen LogP contribution in [0.15, 0.2) is 36.4 Å². The molecule has 0 aliphatic heterocycles. The van der Waals surface area contributed by atoms with E-state index in [9.17, 15) is 9.18 Å². The van der Waals surface area contributed by atoms with Gasteiger partial charge in [-0.2, -0.15) is 0 Å². The molecule has 0 atom stereocenters. The van der Waals surface area contributed by atoms with Crippen LogP contribution in [0.25, 0.3) is 0 Å². The molecule has 6 heteroatoms. The third-order valence-corrected chi connectivity index (χ3v) is 2.99. The molecule has 0 spiro atoms. The summed E-state index contributed by atoms with van der Waals surface area (Å²) in [4.78, 5) is 12.2. The van der Waals surface area contributed by atoms with E-state index in [1.165, 1.54) is 18.2 Å². The van der Waals surface area contributed by atoms with Gasteiger partial charge in [0, 0.05) is 17.3 Å². The van der Waals surface area contributed by atoms with E-state index < -0.39 is 11.7 Å². The van der Waals surface area contributed by atoms with E-state index >= 15 is 0 Å². The Balaban J connectivity index is 2.23. The Hall–Kier alpha value is -2.27. The number of carbonyl (C=O) groups excluding carboxylic acids is 1. The lowest BCUT2D eigenvalue weighted by atomic mass is 10.1. The first kappa shape index (κ1) is 15.1. The lowest BCUT2D eigenvalue weighted by molar-refractivity contribution is 0.102. The van der Waals surface area contributed by atoms with Gasteiger partial charge in [0.25, 0.3) is 5.91 Å². The van der Waals surface area contributed by atoms with Gasteiger partial charge in [-0.15, -0.1) is 0 Å². The number of carbonyl (C=O) groups is 1. The molecule has 1 amide bonds. The predicted molar refractivity (Wildman–Crippen MR) is 81.4 cm³/mol. The second-order valence-corrected chi connectivity index (χ2v) is 4.71. The molecule has 2 aromatic rings. The van der Waals surface area contributed by atoms with E-state index in [4.69, 9.17) is 22.1 Å². The second-order valence-electron chi connectivity index (χ2n) is 4.30. The highest BCUT2D eigenvalue weighted by Crippen LogP contribution is 2.24. The van der Waals surface area contributed by atoms with Gasteiger partial charge >= 0.3 is 0 Å². The summed E-state index contributed by atoms with van der Waals surface area (Å²) < 4.78 is 18.3. The van der Waals surface area contributed by atoms with Crippen LogP contribution in [0.2, 0.25) is 5.02 Å². The first-order chi connectivity index (χ1) is 9.99. The molecule has 0 radical (unpaired) electrons. The Morgan fingerprint density at radius 2 is 2.10 bits per heavy atom. The number of amides is 1. The zero-order chi connectivity index (χ0) is 15.4. The van der Waals surface area contributed by atoms with E-state index in [1.807, 2.05) is 6.92 Å². The molecular formula is C15H14ClFN2O2. The molecule has 0 fully saturated rings. The molecule has 3 N–H and O–H groups in total. The third-order valence-electron chi connectivity index (χ3n) is 2.68. The Kier molecular flexibility index (Phi) is 4.65. The number of hydrogen-bond donors (Lipinski definition) is 2. The average molecular weight is 309 g/mol. The molecule has 0 saturated heterocycles. The Labute approximate surface area is 126 Å². The number of nitrogen functional groups attached to an aromatic ring is 1. The predicted octanol–water partition coefficient (Wildman–Crippen LogP) is 3.71. The van der Waals surface area contributed by atoms with Crippen LogP contribution in [0.1, 0.15) is 17.3 Å². The lowest BCUT2D eigenvalue weighted by Crippen LogP contribution is -2.13. The van der Waals surface area contributed by atoms with E-state index in [0.29, 0.717) is 29.3 Å². The molecule has 0 unspecified atom stereocenters. The number of nitrogens with two attached hydrogens (primary N) is 1. The van der Waals surface area contributed by atoms with Gasteiger partial charge in [-0.05, 0) is 37.3 Å². The van der Waals surface area contributed by atoms with Crippen molar-refractivity contribution in [3.05, 3.63) is 52.8 Å². The molecule has 0 saturated carbocycles. The van der Waals surface area contributed by atoms with Crippen molar-refractivity contribution in [1.82, 2.24) is 0 Å². The summed E-state index contributed by atoms with van der Waals surface area (Å²) in [5.41, 5.74) is 6.80. The number of benzene rings is 2. The minimum absolute atomic E-state index is 0.122. The van der Waals surface area contributed by atoms with Crippen LogP contribution >= 0.6 is 11.6 Å². The molecular weight excluding hydrogens is 295 g/mol. The van der Waals surface area contributed by atoms with Crippen LogP contribution in [0.4, 0.5) is 15.8 Å². The van der Waals surface area contributed by atoms with Crippen molar-refractivity contribution < 1.29 is 13.9 Å². The standard InChI is InChI=1S/C15H14ClFN2O2/c1-2-21-12-6-9(5-11(18)8-12)15(20)19-14-4-3-10(17)7-13(14)16/h3-8H,2,18H2,1H3,(H,19,20). The fraction of sp³-hybridized carbons (Fsp3) is 0.133. The van der Waals surface area contributed by atoms with Gasteiger partial charge in [0.05, 0.1) is 17.3 Å². The quantitative estimate of drug-likeness (QED) is 0.846. The first-order valence-electron chi connectivity index (χ1n) is 6.29. The summed E-state index contributed by atoms with van der Waals surface area (Å²) in [6.45, 7) is 2.30. The molecule has 21 heavy (non-hydrogen) atoms. The fourth-order valence-electron chi connectivity index (χ4n) is 1.79. The van der Waals surface area contributed by atoms with Crippen molar-refractivity contribution >= 4 is 28.9 Å². The van der Waals surface area contributed by atoms with Crippen LogP contribution in [0, 0.1) is 5.82 Å². The van der Waals surface area contributed by atoms with Crippen molar-refractivity contribution in [2.45, 2.75) is 6.92 Å². The van der Waals surface area contributed by atoms with E-state index in [2.05, 4.69) is 5.32 Å². The van der Waals surface area contributed by atoms with Gasteiger partial charge in [0.1, 0.15) is 11.6 Å². The maximum absolute atomic E-state index is 13.0. The number of ether oxygens (including phenoxy) is 1. The summed E-state index contributed by atoms with van der Waals surface area (Å²) in [6.07, 6.45) is 0. The highest BCUT2D eigenvalue weighted by Gasteiger charge is 2.11. The Morgan fingerprint density at radius 1 is 1.33 bits per heavy atom. The van der Waals surface area contributed by atoms with Crippen LogP contribution in [0.5, 0.6) is 5.75 Å². The Morgan fingerprint density at radius 3 is 2.76 bits per heavy atom. The van der Waals surface area contributed by atoms with Crippen LogP contribution in [-0.4, -0.2) is 12.5 Å².